The summed E-state index contributed by atoms with van der Waals surface area (Å²) in [7, 11) is 3.59. The van der Waals surface area contributed by atoms with Crippen LogP contribution in [-0.4, -0.2) is 25.0 Å². The van der Waals surface area contributed by atoms with Crippen LogP contribution in [0.4, 0.5) is 0 Å². The molecule has 0 spiro atoms. The van der Waals surface area contributed by atoms with E-state index in [2.05, 4.69) is 26.2 Å². The Morgan fingerprint density at radius 2 is 1.62 bits per heavy atom. The summed E-state index contributed by atoms with van der Waals surface area (Å²) in [4.78, 5) is 11.7. The third-order valence-electron chi connectivity index (χ3n) is 2.34. The number of carbonyl (C=O) groups is 1. The van der Waals surface area contributed by atoms with Crippen molar-refractivity contribution in [1.29, 1.82) is 0 Å². The number of hydrazine groups is 1. The van der Waals surface area contributed by atoms with Gasteiger partial charge < -0.3 is 0 Å². The van der Waals surface area contributed by atoms with Crippen molar-refractivity contribution < 1.29 is 4.79 Å². The molecule has 1 aromatic carbocycles. The number of nitrogens with zero attached hydrogens (tertiary/aromatic N) is 1. The van der Waals surface area contributed by atoms with Crippen molar-refractivity contribution in [2.45, 2.75) is 26.2 Å². The van der Waals surface area contributed by atoms with Gasteiger partial charge in [-0.25, -0.2) is 5.01 Å². The summed E-state index contributed by atoms with van der Waals surface area (Å²) in [5.74, 6) is -0.0783. The van der Waals surface area contributed by atoms with Gasteiger partial charge in [-0.15, -0.1) is 0 Å². The number of carbonyl (C=O) groups excluding carboxylic acids is 1. The Kier molecular flexibility index (Phi) is 3.70. The fraction of sp³-hybridized carbons (Fsp3) is 0.462. The maximum absolute atomic E-state index is 11.7. The van der Waals surface area contributed by atoms with Gasteiger partial charge in [-0.05, 0) is 23.1 Å². The molecule has 0 bridgehead atoms. The van der Waals surface area contributed by atoms with Crippen LogP contribution in [0.1, 0.15) is 36.7 Å². The lowest BCUT2D eigenvalue weighted by molar-refractivity contribution is 0.0857. The molecule has 3 heteroatoms. The Balaban J connectivity index is 2.83. The van der Waals surface area contributed by atoms with Gasteiger partial charge in [0.15, 0.2) is 0 Å². The second-order valence-corrected chi connectivity index (χ2v) is 5.16. The van der Waals surface area contributed by atoms with Crippen LogP contribution in [-0.2, 0) is 5.41 Å². The lowest BCUT2D eigenvalue weighted by atomic mass is 9.87. The highest BCUT2D eigenvalue weighted by atomic mass is 16.2. The quantitative estimate of drug-likeness (QED) is 0.775. The molecule has 0 unspecified atom stereocenters. The lowest BCUT2D eigenvalue weighted by Crippen LogP contribution is -2.36. The molecule has 0 aliphatic carbocycles. The summed E-state index contributed by atoms with van der Waals surface area (Å²) in [5, 5.41) is 1.64. The molecular formula is C13H20N2O. The van der Waals surface area contributed by atoms with E-state index >= 15 is 0 Å². The first-order valence-electron chi connectivity index (χ1n) is 5.39. The summed E-state index contributed by atoms with van der Waals surface area (Å²) in [6.45, 7) is 6.46. The Labute approximate surface area is 97.4 Å². The molecule has 0 fully saturated rings. The molecule has 0 saturated heterocycles. The summed E-state index contributed by atoms with van der Waals surface area (Å²) >= 11 is 0. The normalized spacial score (nSPS) is 11.6. The van der Waals surface area contributed by atoms with E-state index in [0.29, 0.717) is 5.56 Å². The standard InChI is InChI=1S/C13H20N2O/c1-13(2,3)11-8-6-10(7-9-11)12(16)14-15(4)5/h6-9H,1-5H3,(H,14,16). The first-order valence-corrected chi connectivity index (χ1v) is 5.39. The molecule has 0 aliphatic rings. The van der Waals surface area contributed by atoms with Gasteiger partial charge in [0.2, 0.25) is 0 Å². The molecule has 0 saturated carbocycles. The molecule has 1 N–H and O–H groups in total. The number of rotatable bonds is 2. The maximum atomic E-state index is 11.7. The first kappa shape index (κ1) is 12.7. The van der Waals surface area contributed by atoms with Crippen LogP contribution in [0.3, 0.4) is 0 Å². The predicted octanol–water partition coefficient (Wildman–Crippen LogP) is 2.19. The smallest absolute Gasteiger partial charge is 0.265 e. The predicted molar refractivity (Wildman–Crippen MR) is 66.3 cm³/mol. The van der Waals surface area contributed by atoms with Crippen molar-refractivity contribution in [3.8, 4) is 0 Å². The highest BCUT2D eigenvalue weighted by Gasteiger charge is 2.14. The zero-order valence-corrected chi connectivity index (χ0v) is 10.7. The Hall–Kier alpha value is -1.35. The highest BCUT2D eigenvalue weighted by molar-refractivity contribution is 5.93. The topological polar surface area (TPSA) is 32.3 Å². The van der Waals surface area contributed by atoms with Gasteiger partial charge in [-0.3, -0.25) is 10.2 Å². The molecule has 1 rings (SSSR count). The van der Waals surface area contributed by atoms with Crippen LogP contribution < -0.4 is 5.43 Å². The lowest BCUT2D eigenvalue weighted by Gasteiger charge is -2.19. The van der Waals surface area contributed by atoms with Crippen molar-refractivity contribution in [1.82, 2.24) is 10.4 Å². The molecule has 0 radical (unpaired) electrons. The van der Waals surface area contributed by atoms with E-state index in [1.807, 2.05) is 24.3 Å². The molecule has 1 aromatic rings. The molecular weight excluding hydrogens is 200 g/mol. The van der Waals surface area contributed by atoms with Gasteiger partial charge in [-0.2, -0.15) is 0 Å². The largest absolute Gasteiger partial charge is 0.285 e. The monoisotopic (exact) mass is 220 g/mol. The zero-order chi connectivity index (χ0) is 12.3. The summed E-state index contributed by atoms with van der Waals surface area (Å²) in [6.07, 6.45) is 0. The molecule has 1 amide bonds. The minimum Gasteiger partial charge on any atom is -0.285 e. The van der Waals surface area contributed by atoms with Crippen LogP contribution in [0.15, 0.2) is 24.3 Å². The minimum absolute atomic E-state index is 0.0783. The molecule has 88 valence electrons. The molecule has 0 atom stereocenters. The van der Waals surface area contributed by atoms with Crippen LogP contribution >= 0.6 is 0 Å². The van der Waals surface area contributed by atoms with Gasteiger partial charge in [-0.1, -0.05) is 32.9 Å². The second kappa shape index (κ2) is 4.66. The zero-order valence-electron chi connectivity index (χ0n) is 10.7. The van der Waals surface area contributed by atoms with E-state index in [1.54, 1.807) is 19.1 Å². The first-order chi connectivity index (χ1) is 7.30. The number of benzene rings is 1. The van der Waals surface area contributed by atoms with Gasteiger partial charge in [0.25, 0.3) is 5.91 Å². The van der Waals surface area contributed by atoms with Gasteiger partial charge >= 0.3 is 0 Å². The van der Waals surface area contributed by atoms with Gasteiger partial charge in [0.1, 0.15) is 0 Å². The maximum Gasteiger partial charge on any atom is 0.265 e. The fourth-order valence-corrected chi connectivity index (χ4v) is 1.39. The van der Waals surface area contributed by atoms with E-state index in [4.69, 9.17) is 0 Å². The number of nitrogens with one attached hydrogen (secondary N) is 1. The SMILES string of the molecule is CN(C)NC(=O)c1ccc(C(C)(C)C)cc1. The molecule has 16 heavy (non-hydrogen) atoms. The van der Waals surface area contributed by atoms with E-state index in [0.717, 1.165) is 0 Å². The summed E-state index contributed by atoms with van der Waals surface area (Å²) in [6, 6.07) is 7.73. The third kappa shape index (κ3) is 3.35. The van der Waals surface area contributed by atoms with E-state index in [1.165, 1.54) is 5.56 Å². The van der Waals surface area contributed by atoms with Gasteiger partial charge in [0.05, 0.1) is 0 Å². The van der Waals surface area contributed by atoms with E-state index < -0.39 is 0 Å². The molecule has 0 heterocycles. The van der Waals surface area contributed by atoms with Crippen molar-refractivity contribution in [3.63, 3.8) is 0 Å². The summed E-state index contributed by atoms with van der Waals surface area (Å²) in [5.41, 5.74) is 4.75. The molecule has 0 aromatic heterocycles. The van der Waals surface area contributed by atoms with Gasteiger partial charge in [0, 0.05) is 19.7 Å². The second-order valence-electron chi connectivity index (χ2n) is 5.16. The van der Waals surface area contributed by atoms with Crippen molar-refractivity contribution in [2.24, 2.45) is 0 Å². The molecule has 0 aliphatic heterocycles. The van der Waals surface area contributed by atoms with Crippen LogP contribution in [0.5, 0.6) is 0 Å². The number of hydrogen-bond donors (Lipinski definition) is 1. The molecule has 3 nitrogen and oxygen atoms in total. The van der Waals surface area contributed by atoms with E-state index in [9.17, 15) is 4.79 Å². The van der Waals surface area contributed by atoms with Crippen LogP contribution in [0.2, 0.25) is 0 Å². The van der Waals surface area contributed by atoms with E-state index in [-0.39, 0.29) is 11.3 Å². The number of hydrogen-bond acceptors (Lipinski definition) is 2. The fourth-order valence-electron chi connectivity index (χ4n) is 1.39. The summed E-state index contributed by atoms with van der Waals surface area (Å²) < 4.78 is 0. The third-order valence-corrected chi connectivity index (χ3v) is 2.34. The average molecular weight is 220 g/mol. The average Bonchev–Trinajstić information content (AvgIpc) is 2.15. The Morgan fingerprint density at radius 1 is 1.12 bits per heavy atom. The van der Waals surface area contributed by atoms with Crippen LogP contribution in [0.25, 0.3) is 0 Å². The highest BCUT2D eigenvalue weighted by Crippen LogP contribution is 2.22. The van der Waals surface area contributed by atoms with Crippen LogP contribution in [0, 0.1) is 0 Å². The number of amides is 1. The minimum atomic E-state index is -0.0783. The van der Waals surface area contributed by atoms with Crippen molar-refractivity contribution >= 4 is 5.91 Å². The van der Waals surface area contributed by atoms with Crippen molar-refractivity contribution in [3.05, 3.63) is 35.4 Å². The Morgan fingerprint density at radius 3 is 2.00 bits per heavy atom. The van der Waals surface area contributed by atoms with Crippen molar-refractivity contribution in [2.75, 3.05) is 14.1 Å². The Bertz CT molecular complexity index is 361.